The lowest BCUT2D eigenvalue weighted by Gasteiger charge is -2.45. The lowest BCUT2D eigenvalue weighted by atomic mass is 10.1. The van der Waals surface area contributed by atoms with E-state index in [1.807, 2.05) is 36.6 Å². The Morgan fingerprint density at radius 2 is 1.88 bits per heavy atom. The predicted octanol–water partition coefficient (Wildman–Crippen LogP) is 1.11. The van der Waals surface area contributed by atoms with E-state index in [1.165, 1.54) is 0 Å². The van der Waals surface area contributed by atoms with Gasteiger partial charge in [0, 0.05) is 38.0 Å². The summed E-state index contributed by atoms with van der Waals surface area (Å²) in [6, 6.07) is 8.36. The molecule has 0 aliphatic carbocycles. The largest absolute Gasteiger partial charge is 0.353 e. The zero-order chi connectivity index (χ0) is 17.8. The van der Waals surface area contributed by atoms with E-state index in [1.54, 1.807) is 10.7 Å². The van der Waals surface area contributed by atoms with Crippen LogP contribution >= 0.6 is 0 Å². The van der Waals surface area contributed by atoms with E-state index in [4.69, 9.17) is 0 Å². The lowest BCUT2D eigenvalue weighted by molar-refractivity contribution is 0.484. The molecule has 26 heavy (non-hydrogen) atoms. The second-order valence-corrected chi connectivity index (χ2v) is 6.74. The molecule has 0 amide bonds. The first kappa shape index (κ1) is 15.1. The third-order valence-electron chi connectivity index (χ3n) is 4.97. The molecule has 1 aliphatic heterocycles. The molecule has 0 saturated carbocycles. The van der Waals surface area contributed by atoms with E-state index in [0.29, 0.717) is 6.04 Å². The van der Waals surface area contributed by atoms with Crippen molar-refractivity contribution < 1.29 is 0 Å². The van der Waals surface area contributed by atoms with Crippen molar-refractivity contribution in [1.82, 2.24) is 34.4 Å². The smallest absolute Gasteiger partial charge is 0.178 e. The van der Waals surface area contributed by atoms with E-state index < -0.39 is 0 Å². The van der Waals surface area contributed by atoms with Crippen LogP contribution in [0.25, 0.3) is 11.3 Å². The Morgan fingerprint density at radius 1 is 1.04 bits per heavy atom. The molecular weight excluding hydrogens is 330 g/mol. The minimum Gasteiger partial charge on any atom is -0.353 e. The number of aryl methyl sites for hydroxylation is 2. The van der Waals surface area contributed by atoms with Crippen molar-refractivity contribution in [1.29, 1.82) is 0 Å². The van der Waals surface area contributed by atoms with Crippen LogP contribution in [0.2, 0.25) is 0 Å². The van der Waals surface area contributed by atoms with Crippen LogP contribution in [0.15, 0.2) is 30.5 Å². The van der Waals surface area contributed by atoms with Crippen molar-refractivity contribution in [2.75, 3.05) is 29.9 Å². The summed E-state index contributed by atoms with van der Waals surface area (Å²) in [5.74, 6) is 2.80. The van der Waals surface area contributed by atoms with Crippen LogP contribution in [0.1, 0.15) is 11.5 Å². The lowest BCUT2D eigenvalue weighted by Crippen LogP contribution is -2.59. The zero-order valence-electron chi connectivity index (χ0n) is 14.9. The summed E-state index contributed by atoms with van der Waals surface area (Å²) in [5, 5.41) is 17.2. The minimum absolute atomic E-state index is 0.392. The van der Waals surface area contributed by atoms with Gasteiger partial charge in [0.2, 0.25) is 0 Å². The number of anilines is 2. The van der Waals surface area contributed by atoms with Gasteiger partial charge >= 0.3 is 0 Å². The summed E-state index contributed by atoms with van der Waals surface area (Å²) < 4.78 is 3.67. The van der Waals surface area contributed by atoms with Gasteiger partial charge in [-0.2, -0.15) is 14.1 Å². The van der Waals surface area contributed by atoms with Crippen molar-refractivity contribution in [3.63, 3.8) is 0 Å². The van der Waals surface area contributed by atoms with E-state index in [9.17, 15) is 0 Å². The molecule has 1 aliphatic rings. The molecule has 1 saturated heterocycles. The Balaban J connectivity index is 1.38. The molecule has 9 nitrogen and oxygen atoms in total. The second kappa shape index (κ2) is 5.38. The molecule has 4 aromatic rings. The highest BCUT2D eigenvalue weighted by Crippen LogP contribution is 2.25. The summed E-state index contributed by atoms with van der Waals surface area (Å²) in [6.45, 7) is 5.73. The molecule has 0 N–H and O–H groups in total. The van der Waals surface area contributed by atoms with Gasteiger partial charge in [-0.3, -0.25) is 0 Å². The molecule has 0 radical (unpaired) electrons. The van der Waals surface area contributed by atoms with E-state index in [0.717, 1.165) is 47.5 Å². The Hall–Kier alpha value is -3.23. The normalized spacial score (nSPS) is 15.0. The summed E-state index contributed by atoms with van der Waals surface area (Å²) in [4.78, 5) is 9.05. The van der Waals surface area contributed by atoms with Crippen LogP contribution in [-0.2, 0) is 0 Å². The molecular formula is C17H19N9. The Bertz CT molecular complexity index is 1110. The number of likely N-dealkylation sites (N-methyl/N-ethyl adjacent to an activating group) is 1. The van der Waals surface area contributed by atoms with Crippen molar-refractivity contribution in [3.05, 3.63) is 42.0 Å². The predicted molar refractivity (Wildman–Crippen MR) is 97.6 cm³/mol. The van der Waals surface area contributed by atoms with Crippen LogP contribution < -0.4 is 9.80 Å². The number of rotatable bonds is 3. The SMILES string of the molecule is Cc1cc(N(C)C2CN(c3ccc4nnc(C)n4n3)C2)n2nccc2n1. The quantitative estimate of drug-likeness (QED) is 0.548. The van der Waals surface area contributed by atoms with E-state index in [-0.39, 0.29) is 0 Å². The first-order chi connectivity index (χ1) is 12.6. The van der Waals surface area contributed by atoms with Crippen LogP contribution in [-0.4, -0.2) is 60.6 Å². The maximum atomic E-state index is 4.65. The van der Waals surface area contributed by atoms with Crippen LogP contribution in [0.4, 0.5) is 11.6 Å². The number of nitrogens with zero attached hydrogens (tertiary/aromatic N) is 9. The minimum atomic E-state index is 0.392. The first-order valence-electron chi connectivity index (χ1n) is 8.58. The molecule has 0 spiro atoms. The van der Waals surface area contributed by atoms with Gasteiger partial charge < -0.3 is 9.80 Å². The fraction of sp³-hybridized carbons (Fsp3) is 0.353. The van der Waals surface area contributed by atoms with Gasteiger partial charge in [0.1, 0.15) is 11.6 Å². The molecule has 1 fully saturated rings. The average Bonchev–Trinajstić information content (AvgIpc) is 3.19. The number of aromatic nitrogens is 7. The fourth-order valence-corrected chi connectivity index (χ4v) is 3.40. The van der Waals surface area contributed by atoms with Crippen molar-refractivity contribution in [2.24, 2.45) is 0 Å². The van der Waals surface area contributed by atoms with E-state index in [2.05, 4.69) is 48.3 Å². The highest BCUT2D eigenvalue weighted by atomic mass is 15.4. The Kier molecular flexibility index (Phi) is 3.12. The van der Waals surface area contributed by atoms with Crippen molar-refractivity contribution >= 4 is 22.9 Å². The fourth-order valence-electron chi connectivity index (χ4n) is 3.40. The van der Waals surface area contributed by atoms with Gasteiger partial charge in [-0.05, 0) is 26.0 Å². The van der Waals surface area contributed by atoms with Crippen molar-refractivity contribution in [3.8, 4) is 0 Å². The average molecular weight is 349 g/mol. The maximum Gasteiger partial charge on any atom is 0.178 e. The summed E-state index contributed by atoms with van der Waals surface area (Å²) in [6.07, 6.45) is 1.78. The van der Waals surface area contributed by atoms with Gasteiger partial charge in [0.05, 0.1) is 12.2 Å². The maximum absolute atomic E-state index is 4.65. The first-order valence-corrected chi connectivity index (χ1v) is 8.58. The molecule has 5 rings (SSSR count). The molecule has 9 heteroatoms. The zero-order valence-corrected chi connectivity index (χ0v) is 14.9. The van der Waals surface area contributed by atoms with Crippen LogP contribution in [0.3, 0.4) is 0 Å². The third-order valence-corrected chi connectivity index (χ3v) is 4.97. The van der Waals surface area contributed by atoms with Gasteiger partial charge in [-0.15, -0.1) is 15.3 Å². The highest BCUT2D eigenvalue weighted by molar-refractivity contribution is 5.54. The van der Waals surface area contributed by atoms with Gasteiger partial charge in [-0.1, -0.05) is 0 Å². The Morgan fingerprint density at radius 3 is 2.73 bits per heavy atom. The van der Waals surface area contributed by atoms with Crippen LogP contribution in [0, 0.1) is 13.8 Å². The number of fused-ring (bicyclic) bond motifs is 2. The monoisotopic (exact) mass is 349 g/mol. The molecule has 132 valence electrons. The van der Waals surface area contributed by atoms with Crippen LogP contribution in [0.5, 0.6) is 0 Å². The van der Waals surface area contributed by atoms with Crippen molar-refractivity contribution in [2.45, 2.75) is 19.9 Å². The number of hydrogen-bond acceptors (Lipinski definition) is 7. The molecule has 5 heterocycles. The summed E-state index contributed by atoms with van der Waals surface area (Å²) in [7, 11) is 2.11. The van der Waals surface area contributed by atoms with E-state index >= 15 is 0 Å². The standard InChI is InChI=1S/C17H19N9/c1-11-8-17(26-14(19-11)6-7-18-26)23(3)13-9-24(10-13)16-5-4-15-21-20-12(2)25(15)22-16/h4-8,13H,9-10H2,1-3H3. The summed E-state index contributed by atoms with van der Waals surface area (Å²) in [5.41, 5.74) is 2.64. The number of hydrogen-bond donors (Lipinski definition) is 0. The van der Waals surface area contributed by atoms with Gasteiger partial charge in [0.25, 0.3) is 0 Å². The second-order valence-electron chi connectivity index (χ2n) is 6.74. The molecule has 4 aromatic heterocycles. The Labute approximate surface area is 149 Å². The molecule has 0 unspecified atom stereocenters. The highest BCUT2D eigenvalue weighted by Gasteiger charge is 2.32. The molecule has 0 bridgehead atoms. The third kappa shape index (κ3) is 2.20. The molecule has 0 atom stereocenters. The molecule has 0 aromatic carbocycles. The van der Waals surface area contributed by atoms with Gasteiger partial charge in [-0.25, -0.2) is 4.98 Å². The van der Waals surface area contributed by atoms with Gasteiger partial charge in [0.15, 0.2) is 17.1 Å². The summed E-state index contributed by atoms with van der Waals surface area (Å²) >= 11 is 0. The topological polar surface area (TPSA) is 79.8 Å².